The number of thioether (sulfide) groups is 1. The van der Waals surface area contributed by atoms with E-state index in [4.69, 9.17) is 4.74 Å². The third kappa shape index (κ3) is 5.81. The average molecular weight is 375 g/mol. The molecule has 1 fully saturated rings. The Morgan fingerprint density at radius 3 is 2.36 bits per heavy atom. The summed E-state index contributed by atoms with van der Waals surface area (Å²) < 4.78 is 43.3. The number of aliphatic imine (C=N–C) groups is 1. The van der Waals surface area contributed by atoms with Gasteiger partial charge in [-0.15, -0.1) is 0 Å². The molecule has 0 atom stereocenters. The van der Waals surface area contributed by atoms with Gasteiger partial charge in [0.2, 0.25) is 0 Å². The number of halogens is 3. The molecule has 0 spiro atoms. The number of rotatable bonds is 5. The maximum Gasteiger partial charge on any atom is 0.416 e. The largest absolute Gasteiger partial charge is 0.416 e. The van der Waals surface area contributed by atoms with Gasteiger partial charge in [-0.25, -0.2) is 0 Å². The molecule has 0 saturated carbocycles. The van der Waals surface area contributed by atoms with Crippen LogP contribution in [0.4, 0.5) is 13.2 Å². The predicted molar refractivity (Wildman–Crippen MR) is 95.9 cm³/mol. The molecule has 140 valence electrons. The molecule has 2 rings (SSSR count). The minimum Gasteiger partial charge on any atom is -0.381 e. The number of alkyl halides is 3. The fraction of sp³-hybridized carbons (Fsp3) is 0.588. The smallest absolute Gasteiger partial charge is 0.381 e. The van der Waals surface area contributed by atoms with Crippen LogP contribution in [0.3, 0.4) is 0 Å². The van der Waals surface area contributed by atoms with Crippen molar-refractivity contribution in [2.24, 2.45) is 4.99 Å². The molecule has 2 N–H and O–H groups in total. The number of hydrogen-bond acceptors (Lipinski definition) is 3. The first-order valence-electron chi connectivity index (χ1n) is 8.12. The summed E-state index contributed by atoms with van der Waals surface area (Å²) in [5.74, 6) is 0.639. The van der Waals surface area contributed by atoms with E-state index in [0.29, 0.717) is 12.5 Å². The van der Waals surface area contributed by atoms with Crippen molar-refractivity contribution in [3.8, 4) is 0 Å². The summed E-state index contributed by atoms with van der Waals surface area (Å²) in [4.78, 5) is 4.18. The Morgan fingerprint density at radius 2 is 1.84 bits per heavy atom. The molecule has 0 amide bonds. The number of nitrogens with one attached hydrogen (secondary N) is 2. The second-order valence-electron chi connectivity index (χ2n) is 5.97. The van der Waals surface area contributed by atoms with Crippen molar-refractivity contribution in [3.05, 3.63) is 35.4 Å². The van der Waals surface area contributed by atoms with Gasteiger partial charge in [-0.1, -0.05) is 12.1 Å². The summed E-state index contributed by atoms with van der Waals surface area (Å²) in [5, 5.41) is 6.46. The molecule has 8 heteroatoms. The van der Waals surface area contributed by atoms with E-state index < -0.39 is 11.7 Å². The van der Waals surface area contributed by atoms with Crippen LogP contribution in [0, 0.1) is 0 Å². The van der Waals surface area contributed by atoms with Crippen LogP contribution in [-0.4, -0.2) is 43.8 Å². The molecule has 1 aromatic rings. The van der Waals surface area contributed by atoms with Crippen molar-refractivity contribution in [1.29, 1.82) is 0 Å². The lowest BCUT2D eigenvalue weighted by molar-refractivity contribution is -0.137. The van der Waals surface area contributed by atoms with Crippen LogP contribution in [-0.2, 0) is 17.5 Å². The van der Waals surface area contributed by atoms with Crippen molar-refractivity contribution >= 4 is 17.7 Å². The van der Waals surface area contributed by atoms with Crippen LogP contribution in [0.1, 0.15) is 24.0 Å². The van der Waals surface area contributed by atoms with Gasteiger partial charge in [0.15, 0.2) is 5.96 Å². The highest BCUT2D eigenvalue weighted by Gasteiger charge is 2.32. The average Bonchev–Trinajstić information content (AvgIpc) is 2.62. The Morgan fingerprint density at radius 1 is 1.20 bits per heavy atom. The monoisotopic (exact) mass is 375 g/mol. The molecule has 25 heavy (non-hydrogen) atoms. The lowest BCUT2D eigenvalue weighted by Crippen LogP contribution is -2.47. The Bertz CT molecular complexity index is 569. The molecular formula is C17H24F3N3OS. The second-order valence-corrected chi connectivity index (χ2v) is 7.25. The van der Waals surface area contributed by atoms with Gasteiger partial charge in [0.05, 0.1) is 5.56 Å². The van der Waals surface area contributed by atoms with Gasteiger partial charge in [-0.2, -0.15) is 24.9 Å². The molecule has 1 aliphatic heterocycles. The minimum atomic E-state index is -4.31. The lowest BCUT2D eigenvalue weighted by Gasteiger charge is -2.36. The zero-order chi connectivity index (χ0) is 18.3. The SMILES string of the molecule is CN=C(NCc1ccc(C(F)(F)F)cc1)NCC1(SC)CCOCC1. The zero-order valence-corrected chi connectivity index (χ0v) is 15.3. The summed E-state index contributed by atoms with van der Waals surface area (Å²) in [6.07, 6.45) is -0.237. The first-order chi connectivity index (χ1) is 11.9. The molecule has 4 nitrogen and oxygen atoms in total. The molecule has 0 radical (unpaired) electrons. The summed E-state index contributed by atoms with van der Waals surface area (Å²) >= 11 is 1.83. The van der Waals surface area contributed by atoms with Crippen molar-refractivity contribution in [2.75, 3.05) is 33.1 Å². The van der Waals surface area contributed by atoms with Gasteiger partial charge in [0, 0.05) is 38.1 Å². The van der Waals surface area contributed by atoms with Crippen molar-refractivity contribution in [3.63, 3.8) is 0 Å². The van der Waals surface area contributed by atoms with Gasteiger partial charge >= 0.3 is 6.18 Å². The number of hydrogen-bond donors (Lipinski definition) is 2. The molecule has 1 aromatic carbocycles. The van der Waals surface area contributed by atoms with E-state index in [9.17, 15) is 13.2 Å². The van der Waals surface area contributed by atoms with Crippen LogP contribution in [0.5, 0.6) is 0 Å². The maximum absolute atomic E-state index is 12.6. The third-order valence-corrected chi connectivity index (χ3v) is 5.80. The molecule has 1 aliphatic rings. The quantitative estimate of drug-likeness (QED) is 0.612. The molecule has 0 aliphatic carbocycles. The van der Waals surface area contributed by atoms with Crippen molar-refractivity contribution < 1.29 is 17.9 Å². The first-order valence-corrected chi connectivity index (χ1v) is 9.34. The predicted octanol–water partition coefficient (Wildman–Crippen LogP) is 3.28. The van der Waals surface area contributed by atoms with Crippen molar-refractivity contribution in [1.82, 2.24) is 10.6 Å². The van der Waals surface area contributed by atoms with Crippen LogP contribution < -0.4 is 10.6 Å². The standard InChI is InChI=1S/C17H24F3N3OS/c1-21-15(23-12-16(25-2)7-9-24-10-8-16)22-11-13-3-5-14(6-4-13)17(18,19)20/h3-6H,7-12H2,1-2H3,(H2,21,22,23). The molecule has 0 aromatic heterocycles. The molecular weight excluding hydrogens is 351 g/mol. The highest BCUT2D eigenvalue weighted by molar-refractivity contribution is 8.00. The van der Waals surface area contributed by atoms with Gasteiger partial charge in [0.25, 0.3) is 0 Å². The minimum absolute atomic E-state index is 0.129. The molecule has 1 heterocycles. The maximum atomic E-state index is 12.6. The Kier molecular flexibility index (Phi) is 7.01. The van der Waals surface area contributed by atoms with Crippen LogP contribution >= 0.6 is 11.8 Å². The van der Waals surface area contributed by atoms with E-state index in [0.717, 1.165) is 50.3 Å². The van der Waals surface area contributed by atoms with Gasteiger partial charge < -0.3 is 15.4 Å². The highest BCUT2D eigenvalue weighted by Crippen LogP contribution is 2.33. The fourth-order valence-electron chi connectivity index (χ4n) is 2.66. The number of ether oxygens (including phenoxy) is 1. The normalized spacial score (nSPS) is 18.0. The Balaban J connectivity index is 1.86. The van der Waals surface area contributed by atoms with Crippen LogP contribution in [0.2, 0.25) is 0 Å². The fourth-order valence-corrected chi connectivity index (χ4v) is 3.45. The molecule has 0 bridgehead atoms. The van der Waals surface area contributed by atoms with Crippen molar-refractivity contribution in [2.45, 2.75) is 30.3 Å². The molecule has 1 saturated heterocycles. The number of nitrogens with zero attached hydrogens (tertiary/aromatic N) is 1. The van der Waals surface area contributed by atoms with E-state index in [1.165, 1.54) is 12.1 Å². The summed E-state index contributed by atoms with van der Waals surface area (Å²) in [6, 6.07) is 5.14. The summed E-state index contributed by atoms with van der Waals surface area (Å²) in [7, 11) is 1.68. The zero-order valence-electron chi connectivity index (χ0n) is 14.4. The summed E-state index contributed by atoms with van der Waals surface area (Å²) in [6.45, 7) is 2.71. The van der Waals surface area contributed by atoms with E-state index in [1.807, 2.05) is 11.8 Å². The topological polar surface area (TPSA) is 45.7 Å². The first kappa shape index (κ1) is 19.9. The van der Waals surface area contributed by atoms with E-state index in [2.05, 4.69) is 21.9 Å². The van der Waals surface area contributed by atoms with E-state index in [1.54, 1.807) is 7.05 Å². The van der Waals surface area contributed by atoms with Gasteiger partial charge in [0.1, 0.15) is 0 Å². The second kappa shape index (κ2) is 8.80. The van der Waals surface area contributed by atoms with Crippen LogP contribution in [0.15, 0.2) is 29.3 Å². The van der Waals surface area contributed by atoms with E-state index in [-0.39, 0.29) is 4.75 Å². The lowest BCUT2D eigenvalue weighted by atomic mass is 9.99. The third-order valence-electron chi connectivity index (χ3n) is 4.38. The van der Waals surface area contributed by atoms with Crippen LogP contribution in [0.25, 0.3) is 0 Å². The van der Waals surface area contributed by atoms with E-state index >= 15 is 0 Å². The van der Waals surface area contributed by atoms with Gasteiger partial charge in [-0.05, 0) is 36.8 Å². The Labute approximate surface area is 150 Å². The van der Waals surface area contributed by atoms with Gasteiger partial charge in [-0.3, -0.25) is 4.99 Å². The Hall–Kier alpha value is -1.41. The summed E-state index contributed by atoms with van der Waals surface area (Å²) in [5.41, 5.74) is 0.127. The number of benzene rings is 1. The molecule has 0 unspecified atom stereocenters. The number of guanidine groups is 1. The highest BCUT2D eigenvalue weighted by atomic mass is 32.2.